The molecule has 1 aliphatic rings. The van der Waals surface area contributed by atoms with Crippen molar-refractivity contribution < 1.29 is 19.1 Å². The summed E-state index contributed by atoms with van der Waals surface area (Å²) in [4.78, 5) is 24.5. The Morgan fingerprint density at radius 2 is 1.90 bits per heavy atom. The van der Waals surface area contributed by atoms with Crippen LogP contribution in [0.25, 0.3) is 0 Å². The molecule has 8 heteroatoms. The zero-order valence-corrected chi connectivity index (χ0v) is 17.1. The van der Waals surface area contributed by atoms with E-state index in [1.54, 1.807) is 63.2 Å². The van der Waals surface area contributed by atoms with Crippen LogP contribution in [-0.4, -0.2) is 24.3 Å². The second kappa shape index (κ2) is 8.74. The molecule has 3 rings (SSSR count). The largest absolute Gasteiger partial charge is 0.493 e. The summed E-state index contributed by atoms with van der Waals surface area (Å²) in [6.45, 7) is 5.83. The normalized spacial score (nSPS) is 15.1. The molecule has 0 radical (unpaired) electrons. The molecule has 0 unspecified atom stereocenters. The molecule has 0 saturated heterocycles. The summed E-state index contributed by atoms with van der Waals surface area (Å²) in [6, 6.07) is 13.3. The van der Waals surface area contributed by atoms with Crippen molar-refractivity contribution in [1.29, 1.82) is 5.26 Å². The van der Waals surface area contributed by atoms with Crippen LogP contribution >= 0.6 is 0 Å². The Labute approximate surface area is 175 Å². The molecule has 1 heterocycles. The highest BCUT2D eigenvalue weighted by atomic mass is 16.6. The van der Waals surface area contributed by atoms with Crippen molar-refractivity contribution in [3.05, 3.63) is 53.6 Å². The first-order chi connectivity index (χ1) is 14.2. The van der Waals surface area contributed by atoms with E-state index in [4.69, 9.17) is 14.7 Å². The zero-order chi connectivity index (χ0) is 21.7. The Hall–Kier alpha value is -3.73. The third kappa shape index (κ3) is 5.64. The lowest BCUT2D eigenvalue weighted by molar-refractivity contribution is 0.0636. The average molecular weight is 408 g/mol. The lowest BCUT2D eigenvalue weighted by Crippen LogP contribution is -2.35. The molecule has 2 aromatic carbocycles. The van der Waals surface area contributed by atoms with Crippen molar-refractivity contribution in [2.24, 2.45) is 0 Å². The van der Waals surface area contributed by atoms with Gasteiger partial charge in [0.05, 0.1) is 24.3 Å². The van der Waals surface area contributed by atoms with E-state index in [-0.39, 0.29) is 6.04 Å². The van der Waals surface area contributed by atoms with Crippen LogP contribution in [0, 0.1) is 11.3 Å². The molecule has 1 atom stereocenters. The number of anilines is 2. The first-order valence-corrected chi connectivity index (χ1v) is 9.58. The van der Waals surface area contributed by atoms with Gasteiger partial charge in [-0.25, -0.2) is 9.59 Å². The molecule has 0 spiro atoms. The lowest BCUT2D eigenvalue weighted by atomic mass is 10.00. The molecule has 0 fully saturated rings. The van der Waals surface area contributed by atoms with E-state index in [0.29, 0.717) is 35.7 Å². The Kier molecular flexibility index (Phi) is 6.11. The Morgan fingerprint density at radius 3 is 2.63 bits per heavy atom. The molecule has 1 aliphatic heterocycles. The van der Waals surface area contributed by atoms with Crippen LogP contribution in [0.15, 0.2) is 42.5 Å². The minimum Gasteiger partial charge on any atom is -0.493 e. The molecule has 0 aliphatic carbocycles. The van der Waals surface area contributed by atoms with Gasteiger partial charge in [-0.2, -0.15) is 5.26 Å². The van der Waals surface area contributed by atoms with Crippen molar-refractivity contribution in [2.45, 2.75) is 38.8 Å². The highest BCUT2D eigenvalue weighted by Crippen LogP contribution is 2.34. The van der Waals surface area contributed by atoms with Crippen molar-refractivity contribution in [3.8, 4) is 11.8 Å². The molecule has 0 saturated carbocycles. The molecule has 3 N–H and O–H groups in total. The van der Waals surface area contributed by atoms with Gasteiger partial charge in [0.2, 0.25) is 0 Å². The fraction of sp³-hybridized carbons (Fsp3) is 0.318. The number of hydrogen-bond donors (Lipinski definition) is 3. The summed E-state index contributed by atoms with van der Waals surface area (Å²) < 4.78 is 11.0. The zero-order valence-electron chi connectivity index (χ0n) is 17.1. The topological polar surface area (TPSA) is 112 Å². The van der Waals surface area contributed by atoms with Gasteiger partial charge < -0.3 is 20.1 Å². The molecule has 2 aromatic rings. The standard InChI is InChI=1S/C22H24N4O4/c1-22(2,3)30-21(28)25-16-7-8-19-17(12-16)18(9-10-29-19)26-20(27)24-15-6-4-5-14(11-15)13-23/h4-8,11-12,18H,9-10H2,1-3H3,(H,25,28)(H2,24,26,27)/t18-/m0/s1. The number of nitriles is 1. The SMILES string of the molecule is CC(C)(C)OC(=O)Nc1ccc2c(c1)[C@@H](NC(=O)Nc1cccc(C#N)c1)CCO2. The Balaban J connectivity index is 1.70. The van der Waals surface area contributed by atoms with Crippen LogP contribution in [0.1, 0.15) is 44.4 Å². The number of ether oxygens (including phenoxy) is 2. The second-order valence-corrected chi connectivity index (χ2v) is 7.86. The molecule has 156 valence electrons. The van der Waals surface area contributed by atoms with Crippen molar-refractivity contribution in [3.63, 3.8) is 0 Å². The van der Waals surface area contributed by atoms with E-state index in [1.807, 2.05) is 6.07 Å². The predicted octanol–water partition coefficient (Wildman–Crippen LogP) is 4.55. The number of urea groups is 1. The van der Waals surface area contributed by atoms with Gasteiger partial charge in [-0.15, -0.1) is 0 Å². The Bertz CT molecular complexity index is 991. The van der Waals surface area contributed by atoms with E-state index in [9.17, 15) is 9.59 Å². The predicted molar refractivity (Wildman–Crippen MR) is 112 cm³/mol. The molecule has 8 nitrogen and oxygen atoms in total. The van der Waals surface area contributed by atoms with Gasteiger partial charge in [-0.3, -0.25) is 5.32 Å². The number of carbonyl (C=O) groups excluding carboxylic acids is 2. The lowest BCUT2D eigenvalue weighted by Gasteiger charge is -2.27. The molecular weight excluding hydrogens is 384 g/mol. The smallest absolute Gasteiger partial charge is 0.412 e. The van der Waals surface area contributed by atoms with Gasteiger partial charge in [0.15, 0.2) is 0 Å². The van der Waals surface area contributed by atoms with Crippen LogP contribution in [0.5, 0.6) is 5.75 Å². The van der Waals surface area contributed by atoms with Crippen molar-refractivity contribution >= 4 is 23.5 Å². The number of amides is 3. The van der Waals surface area contributed by atoms with Crippen LogP contribution in [0.3, 0.4) is 0 Å². The van der Waals surface area contributed by atoms with E-state index >= 15 is 0 Å². The third-order valence-corrected chi connectivity index (χ3v) is 4.25. The number of benzene rings is 2. The van der Waals surface area contributed by atoms with Gasteiger partial charge in [0.1, 0.15) is 11.4 Å². The fourth-order valence-corrected chi connectivity index (χ4v) is 3.04. The van der Waals surface area contributed by atoms with Crippen molar-refractivity contribution in [2.75, 3.05) is 17.2 Å². The molecule has 0 aromatic heterocycles. The molecule has 0 bridgehead atoms. The second-order valence-electron chi connectivity index (χ2n) is 7.86. The van der Waals surface area contributed by atoms with Crippen LogP contribution in [0.2, 0.25) is 0 Å². The van der Waals surface area contributed by atoms with Crippen LogP contribution < -0.4 is 20.7 Å². The van der Waals surface area contributed by atoms with Gasteiger partial charge >= 0.3 is 12.1 Å². The number of nitrogens with zero attached hydrogens (tertiary/aromatic N) is 1. The number of carbonyl (C=O) groups is 2. The molecule has 30 heavy (non-hydrogen) atoms. The number of nitrogens with one attached hydrogen (secondary N) is 3. The van der Waals surface area contributed by atoms with Crippen LogP contribution in [0.4, 0.5) is 21.0 Å². The number of rotatable bonds is 3. The summed E-state index contributed by atoms with van der Waals surface area (Å²) >= 11 is 0. The minimum absolute atomic E-state index is 0.298. The maximum atomic E-state index is 12.5. The van der Waals surface area contributed by atoms with E-state index in [0.717, 1.165) is 5.56 Å². The highest BCUT2D eigenvalue weighted by molar-refractivity contribution is 5.90. The van der Waals surface area contributed by atoms with Gasteiger partial charge in [-0.05, 0) is 57.2 Å². The van der Waals surface area contributed by atoms with E-state index in [1.165, 1.54) is 0 Å². The fourth-order valence-electron chi connectivity index (χ4n) is 3.04. The van der Waals surface area contributed by atoms with Crippen LogP contribution in [-0.2, 0) is 4.74 Å². The van der Waals surface area contributed by atoms with Crippen molar-refractivity contribution in [1.82, 2.24) is 5.32 Å². The average Bonchev–Trinajstić information content (AvgIpc) is 2.67. The summed E-state index contributed by atoms with van der Waals surface area (Å²) in [7, 11) is 0. The maximum absolute atomic E-state index is 12.5. The summed E-state index contributed by atoms with van der Waals surface area (Å²) in [5, 5.41) is 17.3. The first-order valence-electron chi connectivity index (χ1n) is 9.58. The van der Waals surface area contributed by atoms with Gasteiger partial charge in [0, 0.05) is 23.4 Å². The summed E-state index contributed by atoms with van der Waals surface area (Å²) in [5.41, 5.74) is 1.69. The number of hydrogen-bond acceptors (Lipinski definition) is 5. The molecule has 3 amide bonds. The summed E-state index contributed by atoms with van der Waals surface area (Å²) in [5.74, 6) is 0.646. The van der Waals surface area contributed by atoms with E-state index < -0.39 is 17.7 Å². The minimum atomic E-state index is -0.605. The maximum Gasteiger partial charge on any atom is 0.412 e. The highest BCUT2D eigenvalue weighted by Gasteiger charge is 2.24. The first kappa shape index (κ1) is 21.0. The van der Waals surface area contributed by atoms with E-state index in [2.05, 4.69) is 16.0 Å². The third-order valence-electron chi connectivity index (χ3n) is 4.25. The monoisotopic (exact) mass is 408 g/mol. The number of fused-ring (bicyclic) bond motifs is 1. The summed E-state index contributed by atoms with van der Waals surface area (Å²) in [6.07, 6.45) is 0.0213. The Morgan fingerprint density at radius 1 is 1.13 bits per heavy atom. The molecular formula is C22H24N4O4. The van der Waals surface area contributed by atoms with Gasteiger partial charge in [0.25, 0.3) is 0 Å². The van der Waals surface area contributed by atoms with Gasteiger partial charge in [-0.1, -0.05) is 6.07 Å². The quantitative estimate of drug-likeness (QED) is 0.690.